The van der Waals surface area contributed by atoms with Crippen LogP contribution in [-0.2, 0) is 26.2 Å². The Morgan fingerprint density at radius 1 is 1.09 bits per heavy atom. The summed E-state index contributed by atoms with van der Waals surface area (Å²) in [6.07, 6.45) is 4.77. The largest absolute Gasteiger partial charge is 0.483 e. The van der Waals surface area contributed by atoms with Crippen molar-refractivity contribution in [3.8, 4) is 5.75 Å². The van der Waals surface area contributed by atoms with Gasteiger partial charge in [-0.2, -0.15) is 5.10 Å². The lowest BCUT2D eigenvalue weighted by molar-refractivity contribution is -0.122. The molecule has 0 saturated carbocycles. The smallest absolute Gasteiger partial charge is 0.267 e. The molecule has 0 bridgehead atoms. The highest BCUT2D eigenvalue weighted by atomic mass is 35.5. The van der Waals surface area contributed by atoms with E-state index in [-0.39, 0.29) is 24.0 Å². The highest BCUT2D eigenvalue weighted by Crippen LogP contribution is 2.36. The summed E-state index contributed by atoms with van der Waals surface area (Å²) in [5.41, 5.74) is 2.75. The van der Waals surface area contributed by atoms with Gasteiger partial charge in [-0.15, -0.1) is 5.10 Å². The number of sulfonamides is 1. The molecule has 0 spiro atoms. The second kappa shape index (κ2) is 13.9. The highest BCUT2D eigenvalue weighted by molar-refractivity contribution is 8.18. The maximum Gasteiger partial charge on any atom is 0.267 e. The molecule has 1 aromatic heterocycles. The number of carbonyl (C=O) groups excluding carboxylic acids is 2. The molecule has 0 unspecified atom stereocenters. The monoisotopic (exact) mass is 663 g/mol. The van der Waals surface area contributed by atoms with Crippen molar-refractivity contribution < 1.29 is 27.2 Å². The molecule has 2 heterocycles. The van der Waals surface area contributed by atoms with E-state index in [1.165, 1.54) is 35.4 Å². The van der Waals surface area contributed by atoms with Crippen LogP contribution in [0.25, 0.3) is 6.08 Å². The van der Waals surface area contributed by atoms with Crippen LogP contribution in [0.4, 0.5) is 5.69 Å². The Labute approximate surface area is 268 Å². The SMILES string of the molecule is Cc1ccccc1/C=N\N=C1\S/C(=C\c2cc(Cl)ccc2OCC(=O)Nc2ccc(S(N)(=O)=O)cc2)C(=O)N1Cc1ccco1. The standard InChI is InChI=1S/C31H26ClN5O6S2/c1-20-5-2-3-6-21(20)17-34-36-31-37(18-25-7-4-14-42-25)30(39)28(44-31)16-22-15-23(32)8-13-27(22)43-19-29(38)35-24-9-11-26(12-10-24)45(33,40)41/h2-17H,18-19H2,1H3,(H,35,38)(H2,33,40,41)/b28-16-,34-17-,36-31+. The number of thioether (sulfide) groups is 1. The van der Waals surface area contributed by atoms with E-state index in [1.54, 1.807) is 42.6 Å². The molecular weight excluding hydrogens is 638 g/mol. The van der Waals surface area contributed by atoms with E-state index < -0.39 is 15.9 Å². The molecule has 4 aromatic rings. The number of nitrogens with two attached hydrogens (primary N) is 1. The van der Waals surface area contributed by atoms with Crippen LogP contribution in [0.5, 0.6) is 5.75 Å². The van der Waals surface area contributed by atoms with Gasteiger partial charge in [0.1, 0.15) is 11.5 Å². The summed E-state index contributed by atoms with van der Waals surface area (Å²) in [5.74, 6) is 0.0510. The van der Waals surface area contributed by atoms with Crippen molar-refractivity contribution in [1.82, 2.24) is 4.90 Å². The van der Waals surface area contributed by atoms with Gasteiger partial charge in [0, 0.05) is 16.3 Å². The Morgan fingerprint density at radius 2 is 1.87 bits per heavy atom. The van der Waals surface area contributed by atoms with Crippen molar-refractivity contribution in [2.75, 3.05) is 11.9 Å². The molecule has 1 aliphatic heterocycles. The minimum absolute atomic E-state index is 0.0797. The second-order valence-corrected chi connectivity index (χ2v) is 12.7. The van der Waals surface area contributed by atoms with Crippen LogP contribution in [0.3, 0.4) is 0 Å². The number of furan rings is 1. The lowest BCUT2D eigenvalue weighted by Gasteiger charge is -2.13. The normalized spacial score (nSPS) is 15.4. The first kappa shape index (κ1) is 31.7. The van der Waals surface area contributed by atoms with Gasteiger partial charge in [-0.3, -0.25) is 14.5 Å². The van der Waals surface area contributed by atoms with Gasteiger partial charge in [0.25, 0.3) is 11.8 Å². The first-order valence-corrected chi connectivity index (χ1v) is 16.1. The molecule has 1 fully saturated rings. The fourth-order valence-corrected chi connectivity index (χ4v) is 5.75. The summed E-state index contributed by atoms with van der Waals surface area (Å²) in [4.78, 5) is 27.9. The van der Waals surface area contributed by atoms with Crippen molar-refractivity contribution in [1.29, 1.82) is 0 Å². The summed E-state index contributed by atoms with van der Waals surface area (Å²) in [6.45, 7) is 1.74. The Hall–Kier alpha value is -4.69. The number of hydrogen-bond donors (Lipinski definition) is 2. The second-order valence-electron chi connectivity index (χ2n) is 9.65. The number of amides is 2. The van der Waals surface area contributed by atoms with Crippen LogP contribution in [0.1, 0.15) is 22.5 Å². The number of ether oxygens (including phenoxy) is 1. The van der Waals surface area contributed by atoms with E-state index >= 15 is 0 Å². The average Bonchev–Trinajstić information content (AvgIpc) is 3.62. The molecule has 3 N–H and O–H groups in total. The molecule has 3 aromatic carbocycles. The summed E-state index contributed by atoms with van der Waals surface area (Å²) >= 11 is 7.40. The van der Waals surface area contributed by atoms with Crippen molar-refractivity contribution in [2.24, 2.45) is 15.3 Å². The molecule has 11 nitrogen and oxygen atoms in total. The summed E-state index contributed by atoms with van der Waals surface area (Å²) in [5, 5.41) is 17.1. The zero-order valence-electron chi connectivity index (χ0n) is 23.7. The number of nitrogens with one attached hydrogen (secondary N) is 1. The van der Waals surface area contributed by atoms with E-state index in [1.807, 2.05) is 31.2 Å². The van der Waals surface area contributed by atoms with Crippen LogP contribution in [0.15, 0.2) is 110 Å². The number of halogens is 1. The molecule has 14 heteroatoms. The minimum atomic E-state index is -3.86. The number of amidine groups is 1. The first-order chi connectivity index (χ1) is 21.6. The van der Waals surface area contributed by atoms with Crippen LogP contribution in [-0.4, -0.2) is 43.1 Å². The van der Waals surface area contributed by atoms with E-state index in [4.69, 9.17) is 25.9 Å². The van der Waals surface area contributed by atoms with Gasteiger partial charge in [-0.25, -0.2) is 13.6 Å². The number of anilines is 1. The number of carbonyl (C=O) groups is 2. The number of primary sulfonamides is 1. The first-order valence-electron chi connectivity index (χ1n) is 13.3. The maximum absolute atomic E-state index is 13.6. The molecule has 0 radical (unpaired) electrons. The molecule has 1 saturated heterocycles. The van der Waals surface area contributed by atoms with Gasteiger partial charge < -0.3 is 14.5 Å². The number of nitrogens with zero attached hydrogens (tertiary/aromatic N) is 3. The molecule has 2 amide bonds. The summed E-state index contributed by atoms with van der Waals surface area (Å²) in [6, 6.07) is 21.4. The fourth-order valence-electron chi connectivity index (χ4n) is 4.13. The Bertz CT molecular complexity index is 1920. The maximum atomic E-state index is 13.6. The molecule has 230 valence electrons. The topological polar surface area (TPSA) is 157 Å². The molecule has 0 atom stereocenters. The summed E-state index contributed by atoms with van der Waals surface area (Å²) in [7, 11) is -3.86. The van der Waals surface area contributed by atoms with Gasteiger partial charge >= 0.3 is 0 Å². The van der Waals surface area contributed by atoms with Crippen LogP contribution < -0.4 is 15.2 Å². The van der Waals surface area contributed by atoms with Crippen molar-refractivity contribution >= 4 is 68.3 Å². The molecular formula is C31H26ClN5O6S2. The Kier molecular flexibility index (Phi) is 9.83. The molecule has 45 heavy (non-hydrogen) atoms. The quantitative estimate of drug-likeness (QED) is 0.130. The van der Waals surface area contributed by atoms with Crippen LogP contribution >= 0.6 is 23.4 Å². The van der Waals surface area contributed by atoms with Gasteiger partial charge in [0.2, 0.25) is 10.0 Å². The van der Waals surface area contributed by atoms with Crippen molar-refractivity contribution in [3.05, 3.63) is 118 Å². The van der Waals surface area contributed by atoms with Gasteiger partial charge in [-0.1, -0.05) is 35.9 Å². The van der Waals surface area contributed by atoms with Crippen LogP contribution in [0.2, 0.25) is 5.02 Å². The van der Waals surface area contributed by atoms with E-state index in [9.17, 15) is 18.0 Å². The summed E-state index contributed by atoms with van der Waals surface area (Å²) < 4.78 is 34.2. The number of aryl methyl sites for hydroxylation is 1. The third-order valence-corrected chi connectivity index (χ3v) is 8.56. The molecule has 0 aliphatic carbocycles. The highest BCUT2D eigenvalue weighted by Gasteiger charge is 2.34. The lowest BCUT2D eigenvalue weighted by atomic mass is 10.1. The Morgan fingerprint density at radius 3 is 2.58 bits per heavy atom. The van der Waals surface area contributed by atoms with Gasteiger partial charge in [-0.05, 0) is 90.5 Å². The molecule has 5 rings (SSSR count). The third-order valence-electron chi connectivity index (χ3n) is 6.39. The van der Waals surface area contributed by atoms with Crippen molar-refractivity contribution in [2.45, 2.75) is 18.4 Å². The van der Waals surface area contributed by atoms with Crippen LogP contribution in [0, 0.1) is 6.92 Å². The predicted octanol–water partition coefficient (Wildman–Crippen LogP) is 5.41. The lowest BCUT2D eigenvalue weighted by Crippen LogP contribution is -2.28. The van der Waals surface area contributed by atoms with Gasteiger partial charge in [0.15, 0.2) is 11.8 Å². The predicted molar refractivity (Wildman–Crippen MR) is 174 cm³/mol. The molecule has 1 aliphatic rings. The Balaban J connectivity index is 1.34. The fraction of sp³-hybridized carbons (Fsp3) is 0.0968. The zero-order chi connectivity index (χ0) is 32.0. The van der Waals surface area contributed by atoms with Gasteiger partial charge in [0.05, 0.1) is 28.8 Å². The van der Waals surface area contributed by atoms with E-state index in [0.717, 1.165) is 22.9 Å². The number of benzene rings is 3. The average molecular weight is 664 g/mol. The minimum Gasteiger partial charge on any atom is -0.483 e. The number of hydrogen-bond acceptors (Lipinski definition) is 9. The van der Waals surface area contributed by atoms with E-state index in [0.29, 0.717) is 37.9 Å². The zero-order valence-corrected chi connectivity index (χ0v) is 26.1. The van der Waals surface area contributed by atoms with Crippen molar-refractivity contribution in [3.63, 3.8) is 0 Å². The third kappa shape index (κ3) is 8.28. The number of rotatable bonds is 10. The van der Waals surface area contributed by atoms with E-state index in [2.05, 4.69) is 15.5 Å².